The quantitative estimate of drug-likeness (QED) is 0.576. The molecule has 1 rings (SSSR count). The summed E-state index contributed by atoms with van der Waals surface area (Å²) in [4.78, 5) is 0. The normalized spacial score (nSPS) is 10.8. The van der Waals surface area contributed by atoms with Crippen LogP contribution in [0.2, 0.25) is 0 Å². The van der Waals surface area contributed by atoms with E-state index >= 15 is 0 Å². The second kappa shape index (κ2) is 4.37. The maximum absolute atomic E-state index is 13.1. The summed E-state index contributed by atoms with van der Waals surface area (Å²) < 4.78 is 30.7. The fourth-order valence-corrected chi connectivity index (χ4v) is 1.12. The van der Waals surface area contributed by atoms with Crippen LogP contribution in [0.5, 0.6) is 0 Å². The van der Waals surface area contributed by atoms with Gasteiger partial charge < -0.3 is 4.74 Å². The summed E-state index contributed by atoms with van der Waals surface area (Å²) in [5.74, 6) is -1.78. The summed E-state index contributed by atoms with van der Waals surface area (Å²) in [6.45, 7) is 0. The molecule has 0 aliphatic heterocycles. The van der Waals surface area contributed by atoms with E-state index in [0.29, 0.717) is 0 Å². The van der Waals surface area contributed by atoms with Gasteiger partial charge in [0.2, 0.25) is 0 Å². The first-order valence-corrected chi connectivity index (χ1v) is 4.29. The zero-order valence-electron chi connectivity index (χ0n) is 6.85. The summed E-state index contributed by atoms with van der Waals surface area (Å²) in [5, 5.41) is 0. The smallest absolute Gasteiger partial charge is 0.173 e. The van der Waals surface area contributed by atoms with Gasteiger partial charge in [-0.15, -0.1) is 0 Å². The first-order valence-electron chi connectivity index (χ1n) is 3.49. The Morgan fingerprint density at radius 1 is 1.31 bits per heavy atom. The van der Waals surface area contributed by atoms with Gasteiger partial charge >= 0.3 is 0 Å². The average molecular weight is 249 g/mol. The van der Waals surface area contributed by atoms with Crippen molar-refractivity contribution >= 4 is 22.0 Å². The highest BCUT2D eigenvalue weighted by atomic mass is 79.9. The molecule has 0 amide bonds. The zero-order chi connectivity index (χ0) is 9.84. The van der Waals surface area contributed by atoms with Gasteiger partial charge in [0.15, 0.2) is 11.6 Å². The molecule has 70 valence electrons. The molecule has 13 heavy (non-hydrogen) atoms. The zero-order valence-corrected chi connectivity index (χ0v) is 8.44. The van der Waals surface area contributed by atoms with Crippen LogP contribution in [0, 0.1) is 11.6 Å². The predicted octanol–water partition coefficient (Wildman–Crippen LogP) is 3.34. The van der Waals surface area contributed by atoms with Gasteiger partial charge in [0.25, 0.3) is 0 Å². The number of halogens is 3. The van der Waals surface area contributed by atoms with E-state index in [1.807, 2.05) is 0 Å². The Kier molecular flexibility index (Phi) is 3.42. The molecule has 0 unspecified atom stereocenters. The molecule has 1 nitrogen and oxygen atoms in total. The van der Waals surface area contributed by atoms with Crippen molar-refractivity contribution in [3.63, 3.8) is 0 Å². The van der Waals surface area contributed by atoms with Gasteiger partial charge in [0, 0.05) is 5.56 Å². The SMILES string of the molecule is COC=Cc1ccc(Br)c(F)c1F. The van der Waals surface area contributed by atoms with E-state index in [9.17, 15) is 8.78 Å². The molecule has 0 atom stereocenters. The molecule has 0 spiro atoms. The van der Waals surface area contributed by atoms with Gasteiger partial charge in [-0.1, -0.05) is 6.07 Å². The number of hydrogen-bond donors (Lipinski definition) is 0. The highest BCUT2D eigenvalue weighted by molar-refractivity contribution is 9.10. The molecule has 1 aromatic rings. The maximum atomic E-state index is 13.1. The molecule has 0 saturated carbocycles. The van der Waals surface area contributed by atoms with E-state index < -0.39 is 11.6 Å². The van der Waals surface area contributed by atoms with Gasteiger partial charge in [-0.3, -0.25) is 0 Å². The van der Waals surface area contributed by atoms with Crippen molar-refractivity contribution in [1.82, 2.24) is 0 Å². The highest BCUT2D eigenvalue weighted by Gasteiger charge is 2.09. The minimum atomic E-state index is -0.891. The molecular formula is C9H7BrF2O. The van der Waals surface area contributed by atoms with Crippen LogP contribution in [0.1, 0.15) is 5.56 Å². The molecule has 0 radical (unpaired) electrons. The minimum Gasteiger partial charge on any atom is -0.504 e. The van der Waals surface area contributed by atoms with Crippen molar-refractivity contribution in [2.45, 2.75) is 0 Å². The van der Waals surface area contributed by atoms with E-state index in [1.165, 1.54) is 31.6 Å². The lowest BCUT2D eigenvalue weighted by Gasteiger charge is -1.99. The Morgan fingerprint density at radius 2 is 2.00 bits per heavy atom. The van der Waals surface area contributed by atoms with E-state index in [0.717, 1.165) is 0 Å². The van der Waals surface area contributed by atoms with Crippen LogP contribution in [0.25, 0.3) is 6.08 Å². The molecule has 0 fully saturated rings. The predicted molar refractivity (Wildman–Crippen MR) is 50.1 cm³/mol. The lowest BCUT2D eigenvalue weighted by Crippen LogP contribution is -1.89. The Morgan fingerprint density at radius 3 is 2.62 bits per heavy atom. The van der Waals surface area contributed by atoms with E-state index in [-0.39, 0.29) is 10.0 Å². The van der Waals surface area contributed by atoms with E-state index in [2.05, 4.69) is 20.7 Å². The Labute approximate surface area is 83.1 Å². The van der Waals surface area contributed by atoms with Crippen LogP contribution >= 0.6 is 15.9 Å². The molecule has 1 aromatic carbocycles. The minimum absolute atomic E-state index is 0.111. The fourth-order valence-electron chi connectivity index (χ4n) is 0.811. The van der Waals surface area contributed by atoms with Crippen LogP contribution in [0.4, 0.5) is 8.78 Å². The van der Waals surface area contributed by atoms with Gasteiger partial charge in [-0.25, -0.2) is 8.78 Å². The van der Waals surface area contributed by atoms with Gasteiger partial charge in [0.05, 0.1) is 17.8 Å². The summed E-state index contributed by atoms with van der Waals surface area (Å²) in [6, 6.07) is 2.89. The third-order valence-electron chi connectivity index (χ3n) is 1.45. The Bertz CT molecular complexity index is 337. The molecule has 0 heterocycles. The number of methoxy groups -OCH3 is 1. The lowest BCUT2D eigenvalue weighted by molar-refractivity contribution is 0.341. The van der Waals surface area contributed by atoms with Crippen molar-refractivity contribution in [1.29, 1.82) is 0 Å². The Balaban J connectivity index is 3.11. The summed E-state index contributed by atoms with van der Waals surface area (Å²) in [6.07, 6.45) is 2.64. The highest BCUT2D eigenvalue weighted by Crippen LogP contribution is 2.21. The monoisotopic (exact) mass is 248 g/mol. The van der Waals surface area contributed by atoms with Crippen molar-refractivity contribution in [2.75, 3.05) is 7.11 Å². The number of benzene rings is 1. The lowest BCUT2D eigenvalue weighted by atomic mass is 10.2. The number of ether oxygens (including phenoxy) is 1. The molecule has 4 heteroatoms. The summed E-state index contributed by atoms with van der Waals surface area (Å²) >= 11 is 2.88. The number of hydrogen-bond acceptors (Lipinski definition) is 1. The van der Waals surface area contributed by atoms with Gasteiger partial charge in [-0.05, 0) is 28.1 Å². The standard InChI is InChI=1S/C9H7BrF2O/c1-13-5-4-6-2-3-7(10)9(12)8(6)11/h2-5H,1H3. The molecule has 0 N–H and O–H groups in total. The topological polar surface area (TPSA) is 9.23 Å². The summed E-state index contributed by atoms with van der Waals surface area (Å²) in [7, 11) is 1.43. The fraction of sp³-hybridized carbons (Fsp3) is 0.111. The van der Waals surface area contributed by atoms with E-state index in [1.54, 1.807) is 0 Å². The van der Waals surface area contributed by atoms with Crippen LogP contribution < -0.4 is 0 Å². The third-order valence-corrected chi connectivity index (χ3v) is 2.06. The largest absolute Gasteiger partial charge is 0.504 e. The second-order valence-electron chi connectivity index (χ2n) is 2.30. The van der Waals surface area contributed by atoms with Crippen LogP contribution in [0.15, 0.2) is 22.9 Å². The van der Waals surface area contributed by atoms with Crippen molar-refractivity contribution in [2.24, 2.45) is 0 Å². The van der Waals surface area contributed by atoms with Crippen molar-refractivity contribution in [3.8, 4) is 0 Å². The molecule has 0 bridgehead atoms. The average Bonchev–Trinajstić information content (AvgIpc) is 2.13. The van der Waals surface area contributed by atoms with Gasteiger partial charge in [0.1, 0.15) is 0 Å². The first-order chi connectivity index (χ1) is 6.16. The molecule has 0 saturated heterocycles. The van der Waals surface area contributed by atoms with E-state index in [4.69, 9.17) is 0 Å². The van der Waals surface area contributed by atoms with Crippen molar-refractivity contribution < 1.29 is 13.5 Å². The van der Waals surface area contributed by atoms with Crippen LogP contribution in [0.3, 0.4) is 0 Å². The molecule has 0 aliphatic rings. The summed E-state index contributed by atoms with van der Waals surface area (Å²) in [5.41, 5.74) is 0.155. The Hall–Kier alpha value is -0.900. The second-order valence-corrected chi connectivity index (χ2v) is 3.16. The first kappa shape index (κ1) is 10.2. The molecule has 0 aromatic heterocycles. The molecule has 0 aliphatic carbocycles. The van der Waals surface area contributed by atoms with Gasteiger partial charge in [-0.2, -0.15) is 0 Å². The van der Waals surface area contributed by atoms with Crippen LogP contribution in [-0.4, -0.2) is 7.11 Å². The number of rotatable bonds is 2. The van der Waals surface area contributed by atoms with Crippen molar-refractivity contribution in [3.05, 3.63) is 40.1 Å². The van der Waals surface area contributed by atoms with Crippen LogP contribution in [-0.2, 0) is 4.74 Å². The molecular weight excluding hydrogens is 242 g/mol. The maximum Gasteiger partial charge on any atom is 0.173 e. The third kappa shape index (κ3) is 2.28.